The van der Waals surface area contributed by atoms with Crippen molar-refractivity contribution in [3.8, 4) is 0 Å². The van der Waals surface area contributed by atoms with Crippen molar-refractivity contribution in [1.29, 1.82) is 0 Å². The lowest BCUT2D eigenvalue weighted by atomic mass is 10.1. The van der Waals surface area contributed by atoms with Crippen LogP contribution in [0.15, 0.2) is 40.9 Å². The summed E-state index contributed by atoms with van der Waals surface area (Å²) in [6.07, 6.45) is 0. The molecule has 0 bridgehead atoms. The predicted molar refractivity (Wildman–Crippen MR) is 87.1 cm³/mol. The minimum Gasteiger partial charge on any atom is -0.378 e. The van der Waals surface area contributed by atoms with Crippen LogP contribution in [0, 0.1) is 13.8 Å². The van der Waals surface area contributed by atoms with E-state index in [1.54, 1.807) is 0 Å². The molecule has 2 aromatic carbocycles. The minimum atomic E-state index is 0.231. The van der Waals surface area contributed by atoms with Crippen LogP contribution in [0.4, 0.5) is 5.69 Å². The fraction of sp³-hybridized carbons (Fsp3) is 0.250. The van der Waals surface area contributed by atoms with Gasteiger partial charge in [0.25, 0.3) is 0 Å². The fourth-order valence-electron chi connectivity index (χ4n) is 2.01. The van der Waals surface area contributed by atoms with E-state index in [2.05, 4.69) is 59.4 Å². The third-order valence-corrected chi connectivity index (χ3v) is 4.23. The summed E-state index contributed by atoms with van der Waals surface area (Å²) in [5, 5.41) is 4.27. The summed E-state index contributed by atoms with van der Waals surface area (Å²) in [6, 6.07) is 12.8. The van der Waals surface area contributed by atoms with Gasteiger partial charge in [0.1, 0.15) is 0 Å². The Balaban J connectivity index is 2.24. The molecule has 0 heterocycles. The molecular weight excluding hydrogens is 322 g/mol. The molecule has 1 N–H and O–H groups in total. The van der Waals surface area contributed by atoms with Crippen molar-refractivity contribution in [2.45, 2.75) is 26.8 Å². The molecule has 3 heteroatoms. The van der Waals surface area contributed by atoms with Crippen LogP contribution >= 0.6 is 27.5 Å². The highest BCUT2D eigenvalue weighted by atomic mass is 79.9. The molecule has 0 spiro atoms. The van der Waals surface area contributed by atoms with Crippen LogP contribution in [0.5, 0.6) is 0 Å². The van der Waals surface area contributed by atoms with Gasteiger partial charge in [-0.15, -0.1) is 0 Å². The van der Waals surface area contributed by atoms with Crippen molar-refractivity contribution in [3.05, 3.63) is 62.6 Å². The van der Waals surface area contributed by atoms with Crippen molar-refractivity contribution in [2.24, 2.45) is 0 Å². The third-order valence-electron chi connectivity index (χ3n) is 3.16. The van der Waals surface area contributed by atoms with Gasteiger partial charge in [-0.05, 0) is 60.0 Å². The zero-order valence-electron chi connectivity index (χ0n) is 11.3. The van der Waals surface area contributed by atoms with E-state index >= 15 is 0 Å². The number of aryl methyl sites for hydroxylation is 2. The molecule has 2 rings (SSSR count). The fourth-order valence-corrected chi connectivity index (χ4v) is 2.75. The second-order valence-electron chi connectivity index (χ2n) is 4.86. The number of halogens is 2. The lowest BCUT2D eigenvalue weighted by Gasteiger charge is -2.18. The first kappa shape index (κ1) is 14.4. The molecule has 2 aromatic rings. The summed E-state index contributed by atoms with van der Waals surface area (Å²) < 4.78 is 1.04. The van der Waals surface area contributed by atoms with Crippen molar-refractivity contribution in [2.75, 3.05) is 5.32 Å². The van der Waals surface area contributed by atoms with E-state index in [1.165, 1.54) is 11.1 Å². The summed E-state index contributed by atoms with van der Waals surface area (Å²) in [5.41, 5.74) is 4.63. The number of hydrogen-bond donors (Lipinski definition) is 1. The lowest BCUT2D eigenvalue weighted by Crippen LogP contribution is -2.07. The topological polar surface area (TPSA) is 12.0 Å². The Morgan fingerprint density at radius 1 is 1.16 bits per heavy atom. The Kier molecular flexibility index (Phi) is 4.54. The monoisotopic (exact) mass is 337 g/mol. The quantitative estimate of drug-likeness (QED) is 0.735. The zero-order chi connectivity index (χ0) is 14.0. The maximum Gasteiger partial charge on any atom is 0.0504 e. The molecule has 0 fully saturated rings. The number of benzene rings is 2. The molecule has 0 radical (unpaired) electrons. The van der Waals surface area contributed by atoms with Gasteiger partial charge in [-0.25, -0.2) is 0 Å². The Morgan fingerprint density at radius 3 is 2.58 bits per heavy atom. The second-order valence-corrected chi connectivity index (χ2v) is 6.12. The molecule has 0 aliphatic carbocycles. The van der Waals surface area contributed by atoms with E-state index in [0.717, 1.165) is 20.7 Å². The molecule has 0 aliphatic heterocycles. The van der Waals surface area contributed by atoms with Gasteiger partial charge in [0, 0.05) is 15.5 Å². The van der Waals surface area contributed by atoms with E-state index in [0.29, 0.717) is 0 Å². The van der Waals surface area contributed by atoms with Gasteiger partial charge in [0.2, 0.25) is 0 Å². The average Bonchev–Trinajstić information content (AvgIpc) is 2.36. The van der Waals surface area contributed by atoms with Gasteiger partial charge in [-0.3, -0.25) is 0 Å². The smallest absolute Gasteiger partial charge is 0.0504 e. The summed E-state index contributed by atoms with van der Waals surface area (Å²) in [7, 11) is 0. The third kappa shape index (κ3) is 3.52. The lowest BCUT2D eigenvalue weighted by molar-refractivity contribution is 0.881. The number of rotatable bonds is 3. The maximum atomic E-state index is 6.18. The van der Waals surface area contributed by atoms with E-state index < -0.39 is 0 Å². The van der Waals surface area contributed by atoms with Crippen molar-refractivity contribution < 1.29 is 0 Å². The van der Waals surface area contributed by atoms with Gasteiger partial charge < -0.3 is 5.32 Å². The SMILES string of the molecule is Cc1cccc(C(C)Nc2cc(Cl)c(C)cc2Br)c1. The Labute approximate surface area is 128 Å². The Hall–Kier alpha value is -0.990. The van der Waals surface area contributed by atoms with Crippen LogP contribution in [0.3, 0.4) is 0 Å². The van der Waals surface area contributed by atoms with Gasteiger partial charge in [-0.1, -0.05) is 41.4 Å². The van der Waals surface area contributed by atoms with Crippen LogP contribution < -0.4 is 5.32 Å². The highest BCUT2D eigenvalue weighted by Gasteiger charge is 2.09. The Morgan fingerprint density at radius 2 is 1.89 bits per heavy atom. The molecule has 0 aromatic heterocycles. The largest absolute Gasteiger partial charge is 0.378 e. The molecule has 19 heavy (non-hydrogen) atoms. The number of nitrogens with one attached hydrogen (secondary N) is 1. The molecule has 0 aliphatic rings. The van der Waals surface area contributed by atoms with Crippen LogP contribution in [0.25, 0.3) is 0 Å². The van der Waals surface area contributed by atoms with Crippen molar-refractivity contribution in [1.82, 2.24) is 0 Å². The predicted octanol–water partition coefficient (Wildman–Crippen LogP) is 5.89. The van der Waals surface area contributed by atoms with E-state index in [-0.39, 0.29) is 6.04 Å². The van der Waals surface area contributed by atoms with E-state index in [4.69, 9.17) is 11.6 Å². The summed E-state index contributed by atoms with van der Waals surface area (Å²) in [6.45, 7) is 6.25. The molecular formula is C16H17BrClN. The van der Waals surface area contributed by atoms with Crippen LogP contribution in [-0.2, 0) is 0 Å². The Bertz CT molecular complexity index is 595. The van der Waals surface area contributed by atoms with E-state index in [1.807, 2.05) is 19.1 Å². The average molecular weight is 339 g/mol. The van der Waals surface area contributed by atoms with Crippen LogP contribution in [-0.4, -0.2) is 0 Å². The number of anilines is 1. The zero-order valence-corrected chi connectivity index (χ0v) is 13.6. The maximum absolute atomic E-state index is 6.18. The molecule has 100 valence electrons. The first-order valence-electron chi connectivity index (χ1n) is 6.26. The number of hydrogen-bond acceptors (Lipinski definition) is 1. The summed E-state index contributed by atoms with van der Waals surface area (Å²) in [4.78, 5) is 0. The normalized spacial score (nSPS) is 12.3. The molecule has 0 saturated heterocycles. The molecule has 0 amide bonds. The summed E-state index contributed by atoms with van der Waals surface area (Å²) in [5.74, 6) is 0. The van der Waals surface area contributed by atoms with Gasteiger partial charge in [0.15, 0.2) is 0 Å². The van der Waals surface area contributed by atoms with E-state index in [9.17, 15) is 0 Å². The second kappa shape index (κ2) is 5.98. The van der Waals surface area contributed by atoms with Crippen molar-refractivity contribution in [3.63, 3.8) is 0 Å². The molecule has 1 atom stereocenters. The van der Waals surface area contributed by atoms with Crippen molar-refractivity contribution >= 4 is 33.2 Å². The van der Waals surface area contributed by atoms with Gasteiger partial charge in [0.05, 0.1) is 5.69 Å². The highest BCUT2D eigenvalue weighted by Crippen LogP contribution is 2.31. The highest BCUT2D eigenvalue weighted by molar-refractivity contribution is 9.10. The molecule has 1 unspecified atom stereocenters. The van der Waals surface area contributed by atoms with Gasteiger partial charge >= 0.3 is 0 Å². The molecule has 1 nitrogen and oxygen atoms in total. The summed E-state index contributed by atoms with van der Waals surface area (Å²) >= 11 is 9.76. The standard InChI is InChI=1S/C16H17BrClN/c1-10-5-4-6-13(7-10)12(3)19-16-9-15(18)11(2)8-14(16)17/h4-9,12,19H,1-3H3. The minimum absolute atomic E-state index is 0.231. The first-order chi connectivity index (χ1) is 8.97. The molecule has 0 saturated carbocycles. The first-order valence-corrected chi connectivity index (χ1v) is 7.43. The van der Waals surface area contributed by atoms with Crippen LogP contribution in [0.1, 0.15) is 29.7 Å². The van der Waals surface area contributed by atoms with Crippen LogP contribution in [0.2, 0.25) is 5.02 Å². The van der Waals surface area contributed by atoms with Gasteiger partial charge in [-0.2, -0.15) is 0 Å².